The molecule has 5 nitrogen and oxygen atoms in total. The number of aliphatic hydroxyl groups excluding tert-OH is 1. The maximum absolute atomic E-state index is 9.11. The summed E-state index contributed by atoms with van der Waals surface area (Å²) in [7, 11) is 0. The number of piperidine rings is 1. The van der Waals surface area contributed by atoms with Gasteiger partial charge in [-0.05, 0) is 12.8 Å². The molecular weight excluding hydrogens is 146 g/mol. The molecule has 1 aliphatic heterocycles. The van der Waals surface area contributed by atoms with E-state index in [1.165, 1.54) is 0 Å². The highest BCUT2D eigenvalue weighted by atomic mass is 16.4. The third-order valence-corrected chi connectivity index (χ3v) is 1.89. The van der Waals surface area contributed by atoms with Gasteiger partial charge in [0.15, 0.2) is 0 Å². The third kappa shape index (κ3) is 1.98. The Bertz CT molecular complexity index is 152. The molecule has 0 aromatic rings. The Balaban J connectivity index is 2.39. The molecule has 0 aromatic heterocycles. The lowest BCUT2D eigenvalue weighted by atomic mass is 10.1. The van der Waals surface area contributed by atoms with Gasteiger partial charge >= 0.3 is 0 Å². The Morgan fingerprint density at radius 3 is 2.45 bits per heavy atom. The predicted octanol–water partition coefficient (Wildman–Crippen LogP) is -0.853. The van der Waals surface area contributed by atoms with E-state index in [1.807, 2.05) is 0 Å². The normalized spacial score (nSPS) is 22.3. The molecule has 0 radical (unpaired) electrons. The minimum absolute atomic E-state index is 0.136. The topological polar surface area (TPSA) is 82.1 Å². The van der Waals surface area contributed by atoms with Crippen molar-refractivity contribution in [2.45, 2.75) is 18.9 Å². The zero-order chi connectivity index (χ0) is 8.27. The number of guanidine groups is 1. The summed E-state index contributed by atoms with van der Waals surface area (Å²) in [5, 5.41) is 20.3. The van der Waals surface area contributed by atoms with Crippen molar-refractivity contribution < 1.29 is 10.3 Å². The number of oxime groups is 1. The molecule has 0 amide bonds. The molecule has 0 aromatic carbocycles. The first-order chi connectivity index (χ1) is 5.24. The van der Waals surface area contributed by atoms with E-state index in [1.54, 1.807) is 4.90 Å². The van der Waals surface area contributed by atoms with E-state index < -0.39 is 0 Å². The van der Waals surface area contributed by atoms with Gasteiger partial charge in [-0.3, -0.25) is 0 Å². The van der Waals surface area contributed by atoms with Crippen LogP contribution in [0.2, 0.25) is 0 Å². The molecule has 1 saturated heterocycles. The highest BCUT2D eigenvalue weighted by Crippen LogP contribution is 2.08. The first-order valence-corrected chi connectivity index (χ1v) is 3.64. The Hall–Kier alpha value is -0.970. The lowest BCUT2D eigenvalue weighted by Crippen LogP contribution is -2.43. The number of aliphatic hydroxyl groups is 1. The Morgan fingerprint density at radius 2 is 2.00 bits per heavy atom. The van der Waals surface area contributed by atoms with Crippen LogP contribution >= 0.6 is 0 Å². The minimum atomic E-state index is -0.224. The highest BCUT2D eigenvalue weighted by molar-refractivity contribution is 5.77. The fourth-order valence-electron chi connectivity index (χ4n) is 1.16. The second-order valence-corrected chi connectivity index (χ2v) is 2.68. The average Bonchev–Trinajstić information content (AvgIpc) is 2.05. The second-order valence-electron chi connectivity index (χ2n) is 2.68. The van der Waals surface area contributed by atoms with Crippen molar-refractivity contribution >= 4 is 5.96 Å². The monoisotopic (exact) mass is 159 g/mol. The van der Waals surface area contributed by atoms with Gasteiger partial charge in [0, 0.05) is 13.1 Å². The fourth-order valence-corrected chi connectivity index (χ4v) is 1.16. The van der Waals surface area contributed by atoms with Gasteiger partial charge in [0.25, 0.3) is 0 Å². The van der Waals surface area contributed by atoms with Gasteiger partial charge < -0.3 is 20.9 Å². The van der Waals surface area contributed by atoms with Gasteiger partial charge in [-0.15, -0.1) is 0 Å². The van der Waals surface area contributed by atoms with Crippen LogP contribution in [0.15, 0.2) is 5.16 Å². The van der Waals surface area contributed by atoms with Gasteiger partial charge in [-0.25, -0.2) is 0 Å². The van der Waals surface area contributed by atoms with E-state index in [4.69, 9.17) is 16.0 Å². The summed E-state index contributed by atoms with van der Waals surface area (Å²) in [6.45, 7) is 1.33. The van der Waals surface area contributed by atoms with Crippen molar-refractivity contribution in [1.82, 2.24) is 4.90 Å². The van der Waals surface area contributed by atoms with E-state index in [-0.39, 0.29) is 12.1 Å². The maximum Gasteiger partial charge on any atom is 0.233 e. The van der Waals surface area contributed by atoms with Crippen LogP contribution in [-0.2, 0) is 0 Å². The predicted molar refractivity (Wildman–Crippen MR) is 40.2 cm³/mol. The molecule has 64 valence electrons. The number of hydrogen-bond donors (Lipinski definition) is 3. The van der Waals surface area contributed by atoms with Crippen LogP contribution in [0.1, 0.15) is 12.8 Å². The van der Waals surface area contributed by atoms with E-state index in [9.17, 15) is 0 Å². The molecule has 0 unspecified atom stereocenters. The lowest BCUT2D eigenvalue weighted by molar-refractivity contribution is 0.107. The minimum Gasteiger partial charge on any atom is -0.408 e. The van der Waals surface area contributed by atoms with Crippen LogP contribution in [-0.4, -0.2) is 40.4 Å². The molecule has 0 spiro atoms. The zero-order valence-electron chi connectivity index (χ0n) is 6.27. The molecular formula is C6H13N3O2. The van der Waals surface area contributed by atoms with Crippen molar-refractivity contribution in [3.05, 3.63) is 0 Å². The van der Waals surface area contributed by atoms with Gasteiger partial charge in [0.05, 0.1) is 6.10 Å². The molecule has 4 N–H and O–H groups in total. The molecule has 1 rings (SSSR count). The van der Waals surface area contributed by atoms with Crippen LogP contribution < -0.4 is 5.73 Å². The van der Waals surface area contributed by atoms with Crippen LogP contribution in [0.5, 0.6) is 0 Å². The molecule has 1 aliphatic rings. The molecule has 0 bridgehead atoms. The van der Waals surface area contributed by atoms with Crippen LogP contribution in [0.25, 0.3) is 0 Å². The van der Waals surface area contributed by atoms with E-state index in [0.717, 1.165) is 0 Å². The Morgan fingerprint density at radius 1 is 1.45 bits per heavy atom. The van der Waals surface area contributed by atoms with Crippen molar-refractivity contribution in [3.63, 3.8) is 0 Å². The molecule has 5 heteroatoms. The molecule has 1 fully saturated rings. The number of rotatable bonds is 0. The summed E-state index contributed by atoms with van der Waals surface area (Å²) in [6.07, 6.45) is 1.16. The number of hydrogen-bond acceptors (Lipinski definition) is 3. The summed E-state index contributed by atoms with van der Waals surface area (Å²) >= 11 is 0. The molecule has 11 heavy (non-hydrogen) atoms. The highest BCUT2D eigenvalue weighted by Gasteiger charge is 2.17. The van der Waals surface area contributed by atoms with Gasteiger partial charge in [-0.1, -0.05) is 5.16 Å². The summed E-state index contributed by atoms with van der Waals surface area (Å²) in [6, 6.07) is 0. The Kier molecular flexibility index (Phi) is 2.53. The molecule has 0 saturated carbocycles. The second kappa shape index (κ2) is 3.43. The standard InChI is InChI=1S/C6H13N3O2/c7-6(8-11)9-3-1-5(10)2-4-9/h5,10-11H,1-4H2,(H2,7,8). The SMILES string of the molecule is NC(=NO)N1CCC(O)CC1. The molecule has 0 atom stereocenters. The number of likely N-dealkylation sites (tertiary alicyclic amines) is 1. The maximum atomic E-state index is 9.11. The van der Waals surface area contributed by atoms with Crippen molar-refractivity contribution in [1.29, 1.82) is 0 Å². The largest absolute Gasteiger partial charge is 0.408 e. The smallest absolute Gasteiger partial charge is 0.233 e. The van der Waals surface area contributed by atoms with E-state index in [0.29, 0.717) is 25.9 Å². The summed E-state index contributed by atoms with van der Waals surface area (Å²) in [5.74, 6) is 0.136. The van der Waals surface area contributed by atoms with Gasteiger partial charge in [0.1, 0.15) is 0 Å². The van der Waals surface area contributed by atoms with Crippen LogP contribution in [0.3, 0.4) is 0 Å². The first kappa shape index (κ1) is 8.13. The molecule has 0 aliphatic carbocycles. The van der Waals surface area contributed by atoms with E-state index in [2.05, 4.69) is 5.16 Å². The molecule has 1 heterocycles. The van der Waals surface area contributed by atoms with E-state index >= 15 is 0 Å². The zero-order valence-corrected chi connectivity index (χ0v) is 6.27. The van der Waals surface area contributed by atoms with Gasteiger partial charge in [0.2, 0.25) is 5.96 Å². The van der Waals surface area contributed by atoms with Crippen molar-refractivity contribution in [2.75, 3.05) is 13.1 Å². The van der Waals surface area contributed by atoms with Crippen molar-refractivity contribution in [2.24, 2.45) is 10.9 Å². The van der Waals surface area contributed by atoms with Crippen molar-refractivity contribution in [3.8, 4) is 0 Å². The first-order valence-electron chi connectivity index (χ1n) is 3.64. The number of nitrogens with two attached hydrogens (primary N) is 1. The fraction of sp³-hybridized carbons (Fsp3) is 0.833. The van der Waals surface area contributed by atoms with Gasteiger partial charge in [-0.2, -0.15) is 0 Å². The number of nitrogens with zero attached hydrogens (tertiary/aromatic N) is 2. The Labute approximate surface area is 65.1 Å². The quantitative estimate of drug-likeness (QED) is 0.186. The summed E-state index contributed by atoms with van der Waals surface area (Å²) in [4.78, 5) is 1.74. The summed E-state index contributed by atoms with van der Waals surface area (Å²) < 4.78 is 0. The van der Waals surface area contributed by atoms with Crippen LogP contribution in [0, 0.1) is 0 Å². The lowest BCUT2D eigenvalue weighted by Gasteiger charge is -2.29. The summed E-state index contributed by atoms with van der Waals surface area (Å²) in [5.41, 5.74) is 5.34. The van der Waals surface area contributed by atoms with Crippen LogP contribution in [0.4, 0.5) is 0 Å². The third-order valence-electron chi connectivity index (χ3n) is 1.89. The average molecular weight is 159 g/mol.